The maximum atomic E-state index is 10.1. The van der Waals surface area contributed by atoms with Gasteiger partial charge in [0.1, 0.15) is 5.82 Å². The molecule has 0 amide bonds. The highest BCUT2D eigenvalue weighted by atomic mass is 32.2. The lowest BCUT2D eigenvalue weighted by atomic mass is 10.1. The van der Waals surface area contributed by atoms with Crippen molar-refractivity contribution in [3.8, 4) is 0 Å². The van der Waals surface area contributed by atoms with Gasteiger partial charge < -0.3 is 10.8 Å². The van der Waals surface area contributed by atoms with E-state index in [1.54, 1.807) is 18.0 Å². The molecule has 0 fully saturated rings. The summed E-state index contributed by atoms with van der Waals surface area (Å²) in [5.41, 5.74) is 7.54. The maximum absolute atomic E-state index is 10.1. The van der Waals surface area contributed by atoms with Crippen molar-refractivity contribution in [2.75, 3.05) is 11.5 Å². The van der Waals surface area contributed by atoms with E-state index in [-0.39, 0.29) is 4.75 Å². The summed E-state index contributed by atoms with van der Waals surface area (Å²) in [5, 5.41) is 10.1. The Morgan fingerprint density at radius 2 is 2.12 bits per heavy atom. The molecular formula is C12H20N2OS. The second kappa shape index (κ2) is 5.06. The fourth-order valence-corrected chi connectivity index (χ4v) is 2.26. The summed E-state index contributed by atoms with van der Waals surface area (Å²) in [6, 6.07) is 1.87. The van der Waals surface area contributed by atoms with Gasteiger partial charge in [0.15, 0.2) is 0 Å². The van der Waals surface area contributed by atoms with Crippen molar-refractivity contribution in [1.82, 2.24) is 4.98 Å². The first kappa shape index (κ1) is 13.3. The Morgan fingerprint density at radius 1 is 1.50 bits per heavy atom. The Hall–Kier alpha value is -0.740. The number of thioether (sulfide) groups is 1. The van der Waals surface area contributed by atoms with Gasteiger partial charge in [0.2, 0.25) is 0 Å². The third kappa shape index (κ3) is 3.68. The van der Waals surface area contributed by atoms with E-state index in [0.29, 0.717) is 11.6 Å². The average molecular weight is 240 g/mol. The number of nitrogen functional groups attached to an aromatic ring is 1. The van der Waals surface area contributed by atoms with Crippen LogP contribution in [0.25, 0.3) is 0 Å². The van der Waals surface area contributed by atoms with Gasteiger partial charge in [-0.3, -0.25) is 0 Å². The summed E-state index contributed by atoms with van der Waals surface area (Å²) in [6.07, 6.45) is 1.12. The zero-order valence-corrected chi connectivity index (χ0v) is 11.1. The molecule has 1 rings (SSSR count). The number of aromatic nitrogens is 1. The lowest BCUT2D eigenvalue weighted by Crippen LogP contribution is -2.14. The SMILES string of the molecule is Cc1ccnc(N)c1C(O)CSC(C)(C)C. The van der Waals surface area contributed by atoms with E-state index in [0.717, 1.165) is 11.1 Å². The smallest absolute Gasteiger partial charge is 0.129 e. The Balaban J connectivity index is 2.77. The number of nitrogens with two attached hydrogens (primary N) is 1. The van der Waals surface area contributed by atoms with Crippen LogP contribution in [0, 0.1) is 6.92 Å². The first-order chi connectivity index (χ1) is 7.31. The van der Waals surface area contributed by atoms with E-state index < -0.39 is 6.10 Å². The number of hydrogen-bond acceptors (Lipinski definition) is 4. The molecule has 0 bridgehead atoms. The van der Waals surface area contributed by atoms with Crippen molar-refractivity contribution in [1.29, 1.82) is 0 Å². The van der Waals surface area contributed by atoms with Gasteiger partial charge in [0, 0.05) is 22.3 Å². The molecule has 3 N–H and O–H groups in total. The third-order valence-corrected chi connectivity index (χ3v) is 3.59. The van der Waals surface area contributed by atoms with Gasteiger partial charge >= 0.3 is 0 Å². The van der Waals surface area contributed by atoms with Crippen molar-refractivity contribution >= 4 is 17.6 Å². The first-order valence-electron chi connectivity index (χ1n) is 5.34. The molecule has 4 heteroatoms. The standard InChI is InChI=1S/C12H20N2OS/c1-8-5-6-14-11(13)10(8)9(15)7-16-12(2,3)4/h5-6,9,15H,7H2,1-4H3,(H2,13,14). The van der Waals surface area contributed by atoms with Crippen molar-refractivity contribution in [3.05, 3.63) is 23.4 Å². The number of aliphatic hydroxyl groups excluding tert-OH is 1. The van der Waals surface area contributed by atoms with E-state index in [1.807, 2.05) is 13.0 Å². The van der Waals surface area contributed by atoms with Gasteiger partial charge in [-0.2, -0.15) is 11.8 Å². The highest BCUT2D eigenvalue weighted by Crippen LogP contribution is 2.31. The molecule has 1 heterocycles. The Labute approximate surface area is 101 Å². The van der Waals surface area contributed by atoms with Crippen molar-refractivity contribution in [2.45, 2.75) is 38.5 Å². The first-order valence-corrected chi connectivity index (χ1v) is 6.33. The normalized spacial score (nSPS) is 13.8. The van der Waals surface area contributed by atoms with Crippen LogP contribution < -0.4 is 5.73 Å². The molecule has 0 saturated heterocycles. The van der Waals surface area contributed by atoms with Crippen LogP contribution in [0.15, 0.2) is 12.3 Å². The lowest BCUT2D eigenvalue weighted by Gasteiger charge is -2.21. The molecule has 16 heavy (non-hydrogen) atoms. The molecule has 0 aliphatic carbocycles. The molecule has 1 aromatic rings. The number of aliphatic hydroxyl groups is 1. The fraction of sp³-hybridized carbons (Fsp3) is 0.583. The quantitative estimate of drug-likeness (QED) is 0.852. The summed E-state index contributed by atoms with van der Waals surface area (Å²) in [7, 11) is 0. The second-order valence-electron chi connectivity index (χ2n) is 4.87. The minimum absolute atomic E-state index is 0.145. The molecule has 1 atom stereocenters. The van der Waals surface area contributed by atoms with Gasteiger partial charge in [-0.25, -0.2) is 4.98 Å². The van der Waals surface area contributed by atoms with Crippen LogP contribution in [0.2, 0.25) is 0 Å². The molecule has 0 aromatic carbocycles. The van der Waals surface area contributed by atoms with Gasteiger partial charge in [-0.1, -0.05) is 20.8 Å². The predicted octanol–water partition coefficient (Wildman–Crippen LogP) is 2.54. The number of hydrogen-bond donors (Lipinski definition) is 2. The highest BCUT2D eigenvalue weighted by molar-refractivity contribution is 8.00. The largest absolute Gasteiger partial charge is 0.387 e. The summed E-state index contributed by atoms with van der Waals surface area (Å²) >= 11 is 1.72. The van der Waals surface area contributed by atoms with E-state index in [1.165, 1.54) is 0 Å². The zero-order valence-electron chi connectivity index (χ0n) is 10.3. The molecule has 0 saturated carbocycles. The third-order valence-electron chi connectivity index (χ3n) is 2.25. The molecule has 0 aliphatic heterocycles. The summed E-state index contributed by atoms with van der Waals surface area (Å²) < 4.78 is 0.145. The van der Waals surface area contributed by atoms with Gasteiger partial charge in [0.25, 0.3) is 0 Å². The van der Waals surface area contributed by atoms with Gasteiger partial charge in [-0.05, 0) is 18.6 Å². The number of rotatable bonds is 3. The van der Waals surface area contributed by atoms with Crippen LogP contribution in [0.4, 0.5) is 5.82 Å². The van der Waals surface area contributed by atoms with Crippen molar-refractivity contribution in [3.63, 3.8) is 0 Å². The molecule has 0 spiro atoms. The zero-order chi connectivity index (χ0) is 12.3. The number of nitrogens with zero attached hydrogens (tertiary/aromatic N) is 1. The molecule has 90 valence electrons. The minimum atomic E-state index is -0.544. The Morgan fingerprint density at radius 3 is 2.62 bits per heavy atom. The topological polar surface area (TPSA) is 59.1 Å². The van der Waals surface area contributed by atoms with Gasteiger partial charge in [-0.15, -0.1) is 0 Å². The second-order valence-corrected chi connectivity index (χ2v) is 6.71. The van der Waals surface area contributed by atoms with Gasteiger partial charge in [0.05, 0.1) is 6.10 Å². The Bertz CT molecular complexity index is 340. The van der Waals surface area contributed by atoms with Crippen LogP contribution in [-0.4, -0.2) is 20.6 Å². The van der Waals surface area contributed by atoms with E-state index in [4.69, 9.17) is 5.73 Å². The van der Waals surface area contributed by atoms with Crippen LogP contribution in [0.3, 0.4) is 0 Å². The van der Waals surface area contributed by atoms with E-state index in [9.17, 15) is 5.11 Å². The van der Waals surface area contributed by atoms with Crippen LogP contribution in [0.1, 0.15) is 38.0 Å². The number of anilines is 1. The molecular weight excluding hydrogens is 220 g/mol. The monoisotopic (exact) mass is 240 g/mol. The van der Waals surface area contributed by atoms with Crippen molar-refractivity contribution < 1.29 is 5.11 Å². The van der Waals surface area contributed by atoms with Crippen LogP contribution >= 0.6 is 11.8 Å². The summed E-state index contributed by atoms with van der Waals surface area (Å²) in [4.78, 5) is 4.01. The Kier molecular flexibility index (Phi) is 4.21. The molecule has 1 unspecified atom stereocenters. The molecule has 3 nitrogen and oxygen atoms in total. The molecule has 0 aliphatic rings. The van der Waals surface area contributed by atoms with E-state index in [2.05, 4.69) is 25.8 Å². The molecule has 0 radical (unpaired) electrons. The predicted molar refractivity (Wildman–Crippen MR) is 70.6 cm³/mol. The summed E-state index contributed by atoms with van der Waals surface area (Å²) in [6.45, 7) is 8.33. The lowest BCUT2D eigenvalue weighted by molar-refractivity contribution is 0.203. The van der Waals surface area contributed by atoms with E-state index >= 15 is 0 Å². The average Bonchev–Trinajstić information content (AvgIpc) is 2.13. The number of aryl methyl sites for hydroxylation is 1. The molecule has 1 aromatic heterocycles. The van der Waals surface area contributed by atoms with Crippen LogP contribution in [0.5, 0.6) is 0 Å². The number of pyridine rings is 1. The minimum Gasteiger partial charge on any atom is -0.387 e. The fourth-order valence-electron chi connectivity index (χ4n) is 1.44. The highest BCUT2D eigenvalue weighted by Gasteiger charge is 2.18. The van der Waals surface area contributed by atoms with Crippen molar-refractivity contribution in [2.24, 2.45) is 0 Å². The maximum Gasteiger partial charge on any atom is 0.129 e. The van der Waals surface area contributed by atoms with Crippen LogP contribution in [-0.2, 0) is 0 Å². The summed E-state index contributed by atoms with van der Waals surface area (Å²) in [5.74, 6) is 1.07.